The van der Waals surface area contributed by atoms with Gasteiger partial charge in [-0.1, -0.05) is 88.4 Å². The average molecular weight is 2100 g/mol. The maximum atomic E-state index is 15.0. The molecule has 0 saturated carbocycles. The number of hydrogen-bond acceptors (Lipinski definition) is 30. The van der Waals surface area contributed by atoms with Crippen LogP contribution in [0, 0.1) is 11.8 Å². The van der Waals surface area contributed by atoms with E-state index in [2.05, 4.69) is 131 Å². The highest BCUT2D eigenvalue weighted by molar-refractivity contribution is 7.80. The molecule has 2 aliphatic heterocycles. The maximum Gasteiger partial charge on any atom is 0.322 e. The number of nitrogens with two attached hydrogens (primary N) is 3. The second-order valence-electron chi connectivity index (χ2n) is 36.2. The zero-order chi connectivity index (χ0) is 108. The van der Waals surface area contributed by atoms with Crippen molar-refractivity contribution in [3.8, 4) is 5.75 Å². The number of hydrogen-bond donors (Lipinski definition) is 29. The molecule has 0 aliphatic carbocycles. The van der Waals surface area contributed by atoms with Crippen LogP contribution in [0.5, 0.6) is 5.75 Å². The third kappa shape index (κ3) is 38.2. The number of carbonyl (C=O) groups is 21. The number of amides is 20. The number of aliphatic carboxylic acids is 1. The van der Waals surface area contributed by atoms with Gasteiger partial charge in [0.05, 0.1) is 51.3 Å². The van der Waals surface area contributed by atoms with Crippen molar-refractivity contribution in [2.75, 3.05) is 70.5 Å². The van der Waals surface area contributed by atoms with Crippen molar-refractivity contribution in [1.29, 1.82) is 0 Å². The molecule has 17 atom stereocenters. The normalized spacial score (nSPS) is 16.3. The number of aromatic hydroxyl groups is 1. The zero-order valence-corrected chi connectivity index (χ0v) is 84.0. The molecule has 3 aromatic carbocycles. The van der Waals surface area contributed by atoms with Crippen LogP contribution in [0.25, 0.3) is 10.9 Å². The van der Waals surface area contributed by atoms with E-state index in [-0.39, 0.29) is 120 Å². The number of fused-ring (bicyclic) bond motifs is 1. The van der Waals surface area contributed by atoms with Crippen LogP contribution in [-0.2, 0) is 126 Å². The third-order valence-corrected chi connectivity index (χ3v) is 24.7. The van der Waals surface area contributed by atoms with Gasteiger partial charge in [0, 0.05) is 85.7 Å². The van der Waals surface area contributed by atoms with Crippen LogP contribution in [0.4, 0.5) is 0 Å². The molecule has 2 saturated heterocycles. The van der Waals surface area contributed by atoms with E-state index in [0.29, 0.717) is 34.0 Å². The van der Waals surface area contributed by atoms with E-state index in [1.54, 1.807) is 88.5 Å². The number of H-pyrrole nitrogens is 2. The number of carbonyl (C=O) groups excluding carboxylic acids is 20. The van der Waals surface area contributed by atoms with Crippen LogP contribution >= 0.6 is 25.3 Å². The van der Waals surface area contributed by atoms with E-state index >= 15 is 4.79 Å². The van der Waals surface area contributed by atoms with Gasteiger partial charge in [0.15, 0.2) is 0 Å². The standard InChI is InChI=1S/C94H135N25O26S2/c1-48(2)32-61(84(135)117-79(51(6)122)93(144)111-64(35-54-38-99-58-19-11-10-18-57(54)58)85(136)116-77(49(3)4)91(142)114-68(46-147)87(138)106-60(20-12-13-29-95)94(145)119-31-15-22-70(119)90(141)105-59(27-28-71(97)124)80(131)102-40-73(126)101-43-76(129)130)109-89(140)69-21-14-30-118(69)75(128)42-103-81(132)62(33-52-16-8-7-9-17-52)107-83(134)65(36-55-39-98-47-104-55)108-88(139)67(45-146)113-86(137)66(44-120)112-82(133)63(34-53-23-25-56(123)26-24-53)110-92(143)78(50(5)121)115-74(127)41-100-72(125)37-96/h7-11,16-19,23-26,38-39,47-51,59-70,77-79,99,120-123,146-147H,12-15,20-22,27-37,40-46,95-96H2,1-6H3,(H2,97,124)(H,98,104)(H,100,125)(H,101,126)(H,102,131)(H,103,132)(H,105,141)(H,106,138)(H,107,134)(H,108,139)(H,109,140)(H,110,143)(H,111,144)(H,112,133)(H,113,137)(H,114,142)(H,115,127)(H,116,136)(H,117,135)(H,129,130)/t50-,51-,59+,60+,61+,62+,63-,64+,65+,66+,67+,68+,69+,70+,77+,78+,79+/m1/s1. The molecule has 51 nitrogen and oxygen atoms in total. The first kappa shape index (κ1) is 120. The Kier molecular flexibility index (Phi) is 48.7. The lowest BCUT2D eigenvalue weighted by Crippen LogP contribution is -2.62. The molecule has 804 valence electrons. The van der Waals surface area contributed by atoms with E-state index in [0.717, 1.165) is 6.92 Å². The molecule has 5 aromatic rings. The van der Waals surface area contributed by atoms with Gasteiger partial charge in [-0.2, -0.15) is 25.3 Å². The molecule has 7 rings (SSSR count). The molecule has 0 radical (unpaired) electrons. The van der Waals surface area contributed by atoms with E-state index in [1.165, 1.54) is 53.5 Å². The van der Waals surface area contributed by atoms with Crippen molar-refractivity contribution >= 4 is 160 Å². The average Bonchev–Trinajstić information content (AvgIpc) is 1.71. The van der Waals surface area contributed by atoms with Crippen molar-refractivity contribution in [3.05, 3.63) is 120 Å². The minimum absolute atomic E-state index is 0.00230. The summed E-state index contributed by atoms with van der Waals surface area (Å²) in [5.74, 6) is -22.3. The number of thiol groups is 2. The van der Waals surface area contributed by atoms with Crippen LogP contribution in [0.15, 0.2) is 97.6 Å². The number of primary amides is 1. The number of aliphatic hydroxyl groups excluding tert-OH is 3. The van der Waals surface area contributed by atoms with Gasteiger partial charge in [-0.05, 0) is 125 Å². The molecule has 2 fully saturated rings. The fourth-order valence-electron chi connectivity index (χ4n) is 16.0. The lowest BCUT2D eigenvalue weighted by atomic mass is 9.99. The molecule has 0 unspecified atom stereocenters. The molecule has 2 aliphatic rings. The summed E-state index contributed by atoms with van der Waals surface area (Å²) < 4.78 is 0. The molecule has 53 heteroatoms. The number of para-hydroxylation sites is 1. The highest BCUT2D eigenvalue weighted by Crippen LogP contribution is 2.25. The number of nitrogens with zero attached hydrogens (tertiary/aromatic N) is 3. The van der Waals surface area contributed by atoms with Gasteiger partial charge >= 0.3 is 5.97 Å². The fraction of sp³-hybridized carbons (Fsp3) is 0.532. The lowest BCUT2D eigenvalue weighted by molar-refractivity contribution is -0.142. The van der Waals surface area contributed by atoms with Crippen molar-refractivity contribution in [2.24, 2.45) is 29.0 Å². The Morgan fingerprint density at radius 3 is 1.49 bits per heavy atom. The van der Waals surface area contributed by atoms with E-state index in [4.69, 9.17) is 22.3 Å². The molecule has 0 bridgehead atoms. The fourth-order valence-corrected chi connectivity index (χ4v) is 16.6. The van der Waals surface area contributed by atoms with Crippen LogP contribution in [0.1, 0.15) is 128 Å². The maximum absolute atomic E-state index is 15.0. The summed E-state index contributed by atoms with van der Waals surface area (Å²) in [7, 11) is 0. The number of phenolic OH excluding ortho intramolecular Hbond substituents is 1. The molecule has 2 aromatic heterocycles. The number of imidazole rings is 1. The Morgan fingerprint density at radius 2 is 0.925 bits per heavy atom. The molecule has 0 spiro atoms. The lowest BCUT2D eigenvalue weighted by Gasteiger charge is -2.31. The van der Waals surface area contributed by atoms with Crippen molar-refractivity contribution in [3.63, 3.8) is 0 Å². The van der Waals surface area contributed by atoms with Crippen molar-refractivity contribution in [2.45, 2.75) is 234 Å². The monoisotopic (exact) mass is 2090 g/mol. The van der Waals surface area contributed by atoms with Gasteiger partial charge in [0.25, 0.3) is 0 Å². The number of nitrogens with one attached hydrogen (secondary N) is 19. The summed E-state index contributed by atoms with van der Waals surface area (Å²) in [5.41, 5.74) is 18.7. The number of aromatic nitrogens is 3. The number of aromatic amines is 2. The Balaban J connectivity index is 1.02. The summed E-state index contributed by atoms with van der Waals surface area (Å²) in [6, 6.07) is -2.68. The Morgan fingerprint density at radius 1 is 0.456 bits per heavy atom. The minimum Gasteiger partial charge on any atom is -0.508 e. The quantitative estimate of drug-likeness (QED) is 0.0127. The van der Waals surface area contributed by atoms with Crippen LogP contribution in [0.3, 0.4) is 0 Å². The highest BCUT2D eigenvalue weighted by Gasteiger charge is 2.44. The molecule has 4 heterocycles. The number of rotatable bonds is 60. The first-order valence-electron chi connectivity index (χ1n) is 47.9. The topological polar surface area (TPSA) is 793 Å². The van der Waals surface area contributed by atoms with Crippen LogP contribution < -0.4 is 108 Å². The molecule has 30 N–H and O–H groups in total. The van der Waals surface area contributed by atoms with Gasteiger partial charge in [-0.3, -0.25) is 101 Å². The predicted molar refractivity (Wildman–Crippen MR) is 533 cm³/mol. The molecular weight excluding hydrogens is 1960 g/mol. The zero-order valence-electron chi connectivity index (χ0n) is 82.2. The highest BCUT2D eigenvalue weighted by atomic mass is 32.1. The van der Waals surface area contributed by atoms with Crippen LogP contribution in [-0.4, -0.2) is 348 Å². The number of phenols is 1. The number of aliphatic hydroxyl groups is 3. The molecular formula is C94H135N25O26S2. The minimum atomic E-state index is -1.87. The van der Waals surface area contributed by atoms with Gasteiger partial charge < -0.3 is 153 Å². The van der Waals surface area contributed by atoms with Crippen LogP contribution in [0.2, 0.25) is 0 Å². The van der Waals surface area contributed by atoms with Gasteiger partial charge in [0.1, 0.15) is 103 Å². The first-order valence-corrected chi connectivity index (χ1v) is 49.2. The Bertz CT molecular complexity index is 5390. The first-order chi connectivity index (χ1) is 69.9. The largest absolute Gasteiger partial charge is 0.508 e. The summed E-state index contributed by atoms with van der Waals surface area (Å²) in [6.45, 7) is 4.63. The van der Waals surface area contributed by atoms with Gasteiger partial charge in [0.2, 0.25) is 118 Å². The number of likely N-dealkylation sites (tertiary alicyclic amines) is 2. The summed E-state index contributed by atoms with van der Waals surface area (Å²) in [5, 5.41) is 94.0. The van der Waals surface area contributed by atoms with E-state index in [9.17, 15) is 116 Å². The SMILES string of the molecule is CC(C)C[C@H](NC(=O)[C@@H]1CCCN1C(=O)CNC(=O)[C@H](Cc1ccccc1)NC(=O)[C@H](Cc1cnc[nH]1)NC(=O)[C@H](CS)NC(=O)[C@H](CO)NC(=O)[C@@H](Cc1ccc(O)cc1)NC(=O)[C@@H](NC(=O)CNC(=O)CN)[C@@H](C)O)C(=O)N[C@H](C(=O)N[C@@H](Cc1c[nH]c2ccccc12)C(=O)N[C@H](C(=O)N[C@@H](CS)C(=O)N[C@@H](CCCCN)C(=O)N1CCC[C@H]1C(=O)N[C@@H](CCC(N)=O)C(=O)NCC(=O)NCC(=O)O)C(C)C)[C@@H](C)O. The van der Waals surface area contributed by atoms with E-state index in [1.807, 2.05) is 0 Å². The number of benzene rings is 3. The second-order valence-corrected chi connectivity index (χ2v) is 37.0. The van der Waals surface area contributed by atoms with Crippen molar-refractivity contribution in [1.82, 2.24) is 115 Å². The number of unbranched alkanes of at least 4 members (excludes halogenated alkanes) is 1. The molecule has 147 heavy (non-hydrogen) atoms. The summed E-state index contributed by atoms with van der Waals surface area (Å²) in [6.07, 6.45) is 0.181. The Labute approximate surface area is 856 Å². The van der Waals surface area contributed by atoms with E-state index < -0.39 is 284 Å². The second kappa shape index (κ2) is 59.9. The van der Waals surface area contributed by atoms with Gasteiger partial charge in [-0.25, -0.2) is 4.98 Å². The predicted octanol–water partition coefficient (Wildman–Crippen LogP) is -8.63. The number of carboxylic acids is 1. The number of carboxylic acid groups (broad SMARTS) is 1. The third-order valence-electron chi connectivity index (χ3n) is 23.9. The van der Waals surface area contributed by atoms with Gasteiger partial charge in [-0.15, -0.1) is 0 Å². The smallest absolute Gasteiger partial charge is 0.322 e. The van der Waals surface area contributed by atoms with Crippen molar-refractivity contribution < 1.29 is 126 Å². The summed E-state index contributed by atoms with van der Waals surface area (Å²) >= 11 is 8.65. The molecule has 20 amide bonds. The Hall–Kier alpha value is -14.4. The summed E-state index contributed by atoms with van der Waals surface area (Å²) in [4.78, 5) is 302.